The summed E-state index contributed by atoms with van der Waals surface area (Å²) in [5.41, 5.74) is -2.93. The molecule has 0 fully saturated rings. The third-order valence-electron chi connectivity index (χ3n) is 2.93. The summed E-state index contributed by atoms with van der Waals surface area (Å²) in [4.78, 5) is 20.3. The van der Waals surface area contributed by atoms with Crippen LogP contribution in [-0.4, -0.2) is 22.6 Å². The summed E-state index contributed by atoms with van der Waals surface area (Å²) in [6, 6.07) is 2.77. The molecule has 0 radical (unpaired) electrons. The number of carboxylic acid groups (broad SMARTS) is 1. The number of halogens is 3. The van der Waals surface area contributed by atoms with Crippen molar-refractivity contribution in [1.29, 1.82) is 0 Å². The van der Waals surface area contributed by atoms with Gasteiger partial charge < -0.3 is 14.5 Å². The van der Waals surface area contributed by atoms with Gasteiger partial charge in [-0.25, -0.2) is 4.79 Å². The van der Waals surface area contributed by atoms with Gasteiger partial charge in [-0.3, -0.25) is 0 Å². The molecule has 0 bridgehead atoms. The van der Waals surface area contributed by atoms with E-state index in [9.17, 15) is 18.5 Å². The number of fused-ring (bicyclic) bond motifs is 1. The number of rotatable bonds is 5. The number of hydrogen-bond acceptors (Lipinski definition) is 4. The zero-order valence-electron chi connectivity index (χ0n) is 13.6. The Morgan fingerprint density at radius 3 is 2.50 bits per heavy atom. The molecule has 24 heavy (non-hydrogen) atoms. The molecule has 1 unspecified atom stereocenters. The lowest BCUT2D eigenvalue weighted by Crippen LogP contribution is -2.11. The number of aromatic carboxylic acids is 1. The lowest BCUT2D eigenvalue weighted by Gasteiger charge is -2.20. The highest BCUT2D eigenvalue weighted by Crippen LogP contribution is 2.60. The minimum Gasteiger partial charge on any atom is -0.478 e. The Kier molecular flexibility index (Phi) is 7.69. The number of aryl methyl sites for hydroxylation is 1. The van der Waals surface area contributed by atoms with Gasteiger partial charge in [0.1, 0.15) is 0 Å². The van der Waals surface area contributed by atoms with E-state index in [2.05, 4.69) is 20.5 Å². The molecule has 1 atom stereocenters. The maximum absolute atomic E-state index is 14.3. The summed E-state index contributed by atoms with van der Waals surface area (Å²) >= 11 is 3.92. The van der Waals surface area contributed by atoms with Crippen LogP contribution >= 0.6 is 35.6 Å². The van der Waals surface area contributed by atoms with Gasteiger partial charge in [-0.05, 0) is 47.5 Å². The molecule has 1 aromatic heterocycles. The Bertz CT molecular complexity index is 736. The van der Waals surface area contributed by atoms with E-state index in [0.29, 0.717) is 15.6 Å². The third-order valence-corrected chi connectivity index (χ3v) is 6.78. The predicted octanol–water partition coefficient (Wildman–Crippen LogP) is 6.09. The van der Waals surface area contributed by atoms with Crippen molar-refractivity contribution in [2.75, 3.05) is 6.61 Å². The summed E-state index contributed by atoms with van der Waals surface area (Å²) in [5.74, 6) is -1.13. The number of carboxylic acids is 1. The van der Waals surface area contributed by atoms with Crippen LogP contribution in [0.4, 0.5) is 8.78 Å². The van der Waals surface area contributed by atoms with Crippen LogP contribution in [0.1, 0.15) is 41.6 Å². The standard InChI is InChI=1S/C13H12BrF2O4PS.C2H6/c1-3-20-21(19)13(15,16)11-9(14)8-5-7(12(17)18)4-6(2)10(8)22-11;1-2/h4-5,19H,3H2,1-2H3,(H,17,18);1-2H3. The molecule has 0 amide bonds. The summed E-state index contributed by atoms with van der Waals surface area (Å²) in [5, 5.41) is 9.45. The monoisotopic (exact) mass is 442 g/mol. The highest BCUT2D eigenvalue weighted by atomic mass is 79.9. The first-order valence-electron chi connectivity index (χ1n) is 7.16. The van der Waals surface area contributed by atoms with Crippen molar-refractivity contribution in [1.82, 2.24) is 0 Å². The zero-order chi connectivity index (χ0) is 18.7. The second-order valence-corrected chi connectivity index (χ2v) is 7.63. The molecular formula is C15H18BrF2O4PS. The second-order valence-electron chi connectivity index (χ2n) is 4.45. The molecule has 1 heterocycles. The van der Waals surface area contributed by atoms with Gasteiger partial charge in [-0.2, -0.15) is 8.78 Å². The van der Waals surface area contributed by atoms with Gasteiger partial charge >= 0.3 is 11.6 Å². The second kappa shape index (κ2) is 8.63. The summed E-state index contributed by atoms with van der Waals surface area (Å²) < 4.78 is 34.0. The van der Waals surface area contributed by atoms with Crippen LogP contribution in [0.5, 0.6) is 0 Å². The number of carbonyl (C=O) groups is 1. The first-order chi connectivity index (χ1) is 11.2. The molecule has 2 aromatic rings. The van der Waals surface area contributed by atoms with Gasteiger partial charge in [0.2, 0.25) is 8.38 Å². The van der Waals surface area contributed by atoms with Crippen LogP contribution < -0.4 is 0 Å². The minimum absolute atomic E-state index is 0.0226. The van der Waals surface area contributed by atoms with E-state index in [1.807, 2.05) is 13.8 Å². The minimum atomic E-state index is -3.54. The van der Waals surface area contributed by atoms with E-state index in [0.717, 1.165) is 11.3 Å². The molecule has 134 valence electrons. The third kappa shape index (κ3) is 4.11. The fraction of sp³-hybridized carbons (Fsp3) is 0.400. The fourth-order valence-corrected chi connectivity index (χ4v) is 5.12. The summed E-state index contributed by atoms with van der Waals surface area (Å²) in [6.07, 6.45) is 0. The van der Waals surface area contributed by atoms with Crippen molar-refractivity contribution < 1.29 is 28.1 Å². The summed E-state index contributed by atoms with van der Waals surface area (Å²) in [6.45, 7) is 7.15. The largest absolute Gasteiger partial charge is 0.478 e. The van der Waals surface area contributed by atoms with Crippen molar-refractivity contribution in [3.8, 4) is 0 Å². The highest BCUT2D eigenvalue weighted by molar-refractivity contribution is 9.10. The SMILES string of the molecule is CC.CCOP(O)C(F)(F)c1sc2c(C)cc(C(=O)O)cc2c1Br. The van der Waals surface area contributed by atoms with Gasteiger partial charge in [0.25, 0.3) is 0 Å². The predicted molar refractivity (Wildman–Crippen MR) is 97.2 cm³/mol. The Morgan fingerprint density at radius 2 is 2.00 bits per heavy atom. The molecule has 0 aliphatic rings. The Labute approximate surface area is 152 Å². The molecule has 0 aliphatic carbocycles. The molecular weight excluding hydrogens is 425 g/mol. The average molecular weight is 443 g/mol. The smallest absolute Gasteiger partial charge is 0.349 e. The van der Waals surface area contributed by atoms with E-state index in [1.54, 1.807) is 6.92 Å². The average Bonchev–Trinajstić information content (AvgIpc) is 2.88. The van der Waals surface area contributed by atoms with Crippen molar-refractivity contribution in [2.24, 2.45) is 0 Å². The van der Waals surface area contributed by atoms with Gasteiger partial charge in [0, 0.05) is 14.6 Å². The van der Waals surface area contributed by atoms with Crippen LogP contribution in [0, 0.1) is 6.92 Å². The van der Waals surface area contributed by atoms with Crippen LogP contribution in [0.2, 0.25) is 0 Å². The number of hydrogen-bond donors (Lipinski definition) is 2. The van der Waals surface area contributed by atoms with Crippen molar-refractivity contribution >= 4 is 51.7 Å². The van der Waals surface area contributed by atoms with Crippen LogP contribution in [0.3, 0.4) is 0 Å². The molecule has 4 nitrogen and oxygen atoms in total. The number of benzene rings is 1. The first-order valence-corrected chi connectivity index (χ1v) is 9.98. The van der Waals surface area contributed by atoms with Crippen LogP contribution in [-0.2, 0) is 10.2 Å². The van der Waals surface area contributed by atoms with E-state index >= 15 is 0 Å². The molecule has 9 heteroatoms. The van der Waals surface area contributed by atoms with Gasteiger partial charge in [0.05, 0.1) is 17.0 Å². The van der Waals surface area contributed by atoms with Crippen molar-refractivity contribution in [3.63, 3.8) is 0 Å². The highest BCUT2D eigenvalue weighted by Gasteiger charge is 2.46. The Balaban J connectivity index is 0.00000139. The molecule has 0 aliphatic heterocycles. The first kappa shape index (κ1) is 21.4. The van der Waals surface area contributed by atoms with Crippen LogP contribution in [0.15, 0.2) is 16.6 Å². The zero-order valence-corrected chi connectivity index (χ0v) is 16.9. The molecule has 2 rings (SSSR count). The van der Waals surface area contributed by atoms with Crippen molar-refractivity contribution in [3.05, 3.63) is 32.6 Å². The van der Waals surface area contributed by atoms with E-state index < -0.39 is 20.0 Å². The van der Waals surface area contributed by atoms with Gasteiger partial charge in [-0.1, -0.05) is 13.8 Å². The maximum Gasteiger partial charge on any atom is 0.349 e. The van der Waals surface area contributed by atoms with E-state index in [1.165, 1.54) is 19.1 Å². The van der Waals surface area contributed by atoms with Gasteiger partial charge in [-0.15, -0.1) is 11.3 Å². The van der Waals surface area contributed by atoms with E-state index in [-0.39, 0.29) is 21.5 Å². The maximum atomic E-state index is 14.3. The Morgan fingerprint density at radius 1 is 1.42 bits per heavy atom. The quantitative estimate of drug-likeness (QED) is 0.550. The number of thiophene rings is 1. The lowest BCUT2D eigenvalue weighted by molar-refractivity contribution is 0.0686. The fourth-order valence-electron chi connectivity index (χ4n) is 1.95. The molecule has 0 spiro atoms. The molecule has 1 aromatic carbocycles. The van der Waals surface area contributed by atoms with Gasteiger partial charge in [0.15, 0.2) is 0 Å². The molecule has 0 saturated heterocycles. The molecule has 0 saturated carbocycles. The van der Waals surface area contributed by atoms with Crippen molar-refractivity contribution in [2.45, 2.75) is 33.4 Å². The summed E-state index contributed by atoms with van der Waals surface area (Å²) in [7, 11) is -2.95. The Hall–Kier alpha value is -0.660. The number of alkyl halides is 2. The normalized spacial score (nSPS) is 12.7. The lowest BCUT2D eigenvalue weighted by atomic mass is 10.1. The topological polar surface area (TPSA) is 66.8 Å². The van der Waals surface area contributed by atoms with E-state index in [4.69, 9.17) is 5.11 Å². The van der Waals surface area contributed by atoms with Crippen LogP contribution in [0.25, 0.3) is 10.1 Å². The molecule has 2 N–H and O–H groups in total.